The molecular weight excluding hydrogens is 486 g/mol. The fourth-order valence-corrected chi connectivity index (χ4v) is 5.26. The van der Waals surface area contributed by atoms with E-state index in [9.17, 15) is 9.59 Å². The molecule has 0 saturated heterocycles. The molecule has 0 aliphatic rings. The number of nitrogens with one attached hydrogen (secondary N) is 2. The van der Waals surface area contributed by atoms with E-state index in [0.717, 1.165) is 55.0 Å². The largest absolute Gasteiger partial charge is 0.343 e. The van der Waals surface area contributed by atoms with Gasteiger partial charge in [0.25, 0.3) is 0 Å². The van der Waals surface area contributed by atoms with Crippen molar-refractivity contribution in [2.24, 2.45) is 16.9 Å². The highest BCUT2D eigenvalue weighted by Gasteiger charge is 2.26. The van der Waals surface area contributed by atoms with E-state index in [1.165, 1.54) is 0 Å². The van der Waals surface area contributed by atoms with Gasteiger partial charge in [0, 0.05) is 5.39 Å². The Hall–Kier alpha value is -3.29. The van der Waals surface area contributed by atoms with Crippen LogP contribution in [0, 0.1) is 5.41 Å². The molecule has 0 aliphatic heterocycles. The Morgan fingerprint density at radius 1 is 0.949 bits per heavy atom. The van der Waals surface area contributed by atoms with Crippen LogP contribution < -0.4 is 22.1 Å². The molecule has 0 aliphatic carbocycles. The van der Waals surface area contributed by atoms with Gasteiger partial charge in [-0.25, -0.2) is 0 Å². The fourth-order valence-electron chi connectivity index (χ4n) is 5.26. The van der Waals surface area contributed by atoms with Gasteiger partial charge in [-0.05, 0) is 74.6 Å². The highest BCUT2D eigenvalue weighted by atomic mass is 16.2. The first kappa shape index (κ1) is 30.3. The summed E-state index contributed by atoms with van der Waals surface area (Å²) in [6.45, 7) is 5.21. The van der Waals surface area contributed by atoms with Crippen LogP contribution in [-0.4, -0.2) is 35.4 Å². The average Bonchev–Trinajstić information content (AvgIpc) is 2.94. The third-order valence-corrected chi connectivity index (χ3v) is 7.53. The number of benzene rings is 2. The van der Waals surface area contributed by atoms with Crippen molar-refractivity contribution in [3.8, 4) is 0 Å². The van der Waals surface area contributed by atoms with E-state index < -0.39 is 12.1 Å². The van der Waals surface area contributed by atoms with Crippen LogP contribution in [0.25, 0.3) is 10.9 Å². The molecule has 0 fully saturated rings. The predicted octanol–water partition coefficient (Wildman–Crippen LogP) is 5.33. The Kier molecular flexibility index (Phi) is 11.9. The second kappa shape index (κ2) is 15.3. The van der Waals surface area contributed by atoms with E-state index in [4.69, 9.17) is 11.5 Å². The summed E-state index contributed by atoms with van der Waals surface area (Å²) in [6.07, 6.45) is 9.56. The van der Waals surface area contributed by atoms with Crippen molar-refractivity contribution < 1.29 is 9.59 Å². The Bertz CT molecular complexity index is 1190. The van der Waals surface area contributed by atoms with Crippen molar-refractivity contribution in [3.05, 3.63) is 72.4 Å². The Morgan fingerprint density at radius 2 is 1.67 bits per heavy atom. The molecule has 7 heteroatoms. The fraction of sp³-hybridized carbons (Fsp3) is 0.469. The molecule has 0 radical (unpaired) electrons. The standard InChI is InChI=1S/C32H45N5O2/c1-3-18-32(2,20-10-21-33)19-9-14-27(34)30(38)37-29(17-16-24-11-5-4-6-12-24)31(39)36-26-22-25-13-7-8-15-28(25)35-23-26/h4-8,11-13,15,22-23,27,29H,3,9-10,14,16-21,33-34H2,1-2H3,(H,36,39)(H,37,38)/t27-,29+,32?/m0/s1. The second-order valence-corrected chi connectivity index (χ2v) is 10.9. The molecule has 0 bridgehead atoms. The van der Waals surface area contributed by atoms with Crippen molar-refractivity contribution >= 4 is 28.4 Å². The topological polar surface area (TPSA) is 123 Å². The van der Waals surface area contributed by atoms with Crippen molar-refractivity contribution in [2.45, 2.75) is 83.7 Å². The van der Waals surface area contributed by atoms with Gasteiger partial charge in [-0.2, -0.15) is 0 Å². The summed E-state index contributed by atoms with van der Waals surface area (Å²) in [6, 6.07) is 18.2. The molecule has 2 amide bonds. The number of anilines is 1. The highest BCUT2D eigenvalue weighted by Crippen LogP contribution is 2.34. The van der Waals surface area contributed by atoms with Crippen LogP contribution in [0.3, 0.4) is 0 Å². The number of para-hydroxylation sites is 1. The summed E-state index contributed by atoms with van der Waals surface area (Å²) < 4.78 is 0. The minimum atomic E-state index is -0.717. The van der Waals surface area contributed by atoms with Crippen LogP contribution in [0.1, 0.15) is 70.8 Å². The number of nitrogens with zero attached hydrogens (tertiary/aromatic N) is 1. The van der Waals surface area contributed by atoms with Crippen molar-refractivity contribution in [2.75, 3.05) is 11.9 Å². The number of hydrogen-bond acceptors (Lipinski definition) is 5. The number of nitrogens with two attached hydrogens (primary N) is 2. The summed E-state index contributed by atoms with van der Waals surface area (Å²) in [5.41, 5.74) is 14.8. The molecule has 1 aromatic heterocycles. The van der Waals surface area contributed by atoms with E-state index in [1.807, 2.05) is 60.7 Å². The maximum atomic E-state index is 13.3. The number of fused-ring (bicyclic) bond motifs is 1. The molecule has 1 unspecified atom stereocenters. The molecule has 3 atom stereocenters. The maximum Gasteiger partial charge on any atom is 0.247 e. The third-order valence-electron chi connectivity index (χ3n) is 7.53. The van der Waals surface area contributed by atoms with Crippen molar-refractivity contribution in [1.82, 2.24) is 10.3 Å². The third kappa shape index (κ3) is 9.75. The van der Waals surface area contributed by atoms with Gasteiger partial charge in [-0.15, -0.1) is 0 Å². The molecule has 3 rings (SSSR count). The lowest BCUT2D eigenvalue weighted by molar-refractivity contribution is -0.127. The van der Waals surface area contributed by atoms with Crippen LogP contribution in [-0.2, 0) is 16.0 Å². The minimum absolute atomic E-state index is 0.219. The summed E-state index contributed by atoms with van der Waals surface area (Å²) in [5, 5.41) is 6.82. The zero-order valence-electron chi connectivity index (χ0n) is 23.5. The second-order valence-electron chi connectivity index (χ2n) is 10.9. The molecule has 2 aromatic carbocycles. The van der Waals surface area contributed by atoms with Crippen LogP contribution in [0.5, 0.6) is 0 Å². The first-order chi connectivity index (χ1) is 18.8. The van der Waals surface area contributed by atoms with Crippen molar-refractivity contribution in [3.63, 3.8) is 0 Å². The van der Waals surface area contributed by atoms with Gasteiger partial charge in [0.05, 0.1) is 23.4 Å². The van der Waals surface area contributed by atoms with E-state index in [-0.39, 0.29) is 17.2 Å². The van der Waals surface area contributed by atoms with Gasteiger partial charge < -0.3 is 22.1 Å². The molecule has 0 spiro atoms. The molecule has 39 heavy (non-hydrogen) atoms. The van der Waals surface area contributed by atoms with Crippen LogP contribution in [0.15, 0.2) is 66.9 Å². The molecule has 6 N–H and O–H groups in total. The molecule has 1 heterocycles. The first-order valence-corrected chi connectivity index (χ1v) is 14.3. The minimum Gasteiger partial charge on any atom is -0.343 e. The van der Waals surface area contributed by atoms with E-state index in [0.29, 0.717) is 31.5 Å². The normalized spacial score (nSPS) is 14.4. The molecular formula is C32H45N5O2. The van der Waals surface area contributed by atoms with Gasteiger partial charge >= 0.3 is 0 Å². The lowest BCUT2D eigenvalue weighted by Crippen LogP contribution is -2.50. The number of carbonyl (C=O) groups excluding carboxylic acids is 2. The van der Waals surface area contributed by atoms with Gasteiger partial charge in [-0.3, -0.25) is 14.6 Å². The Morgan fingerprint density at radius 3 is 2.41 bits per heavy atom. The van der Waals surface area contributed by atoms with Crippen LogP contribution in [0.4, 0.5) is 5.69 Å². The van der Waals surface area contributed by atoms with Gasteiger partial charge in [0.1, 0.15) is 6.04 Å². The Balaban J connectivity index is 1.62. The number of rotatable bonds is 16. The summed E-state index contributed by atoms with van der Waals surface area (Å²) in [7, 11) is 0. The van der Waals surface area contributed by atoms with E-state index in [2.05, 4.69) is 29.5 Å². The van der Waals surface area contributed by atoms with E-state index >= 15 is 0 Å². The SMILES string of the molecule is CCCC(C)(CCCN)CCC[C@H](N)C(=O)N[C@H](CCc1ccccc1)C(=O)Nc1cnc2ccccc2c1. The van der Waals surface area contributed by atoms with Gasteiger partial charge in [-0.1, -0.05) is 75.2 Å². The smallest absolute Gasteiger partial charge is 0.247 e. The number of pyridine rings is 1. The molecule has 0 saturated carbocycles. The zero-order valence-corrected chi connectivity index (χ0v) is 23.5. The monoisotopic (exact) mass is 531 g/mol. The molecule has 7 nitrogen and oxygen atoms in total. The summed E-state index contributed by atoms with van der Waals surface area (Å²) in [5.74, 6) is -0.570. The number of aromatic nitrogens is 1. The number of hydrogen-bond donors (Lipinski definition) is 4. The summed E-state index contributed by atoms with van der Waals surface area (Å²) in [4.78, 5) is 30.9. The average molecular weight is 532 g/mol. The Labute approximate surface area is 233 Å². The lowest BCUT2D eigenvalue weighted by atomic mass is 9.77. The van der Waals surface area contributed by atoms with E-state index in [1.54, 1.807) is 6.20 Å². The number of carbonyl (C=O) groups is 2. The number of amides is 2. The predicted molar refractivity (Wildman–Crippen MR) is 160 cm³/mol. The highest BCUT2D eigenvalue weighted by molar-refractivity contribution is 5.98. The maximum absolute atomic E-state index is 13.3. The quantitative estimate of drug-likeness (QED) is 0.199. The summed E-state index contributed by atoms with van der Waals surface area (Å²) >= 11 is 0. The van der Waals surface area contributed by atoms with Gasteiger partial charge in [0.15, 0.2) is 0 Å². The lowest BCUT2D eigenvalue weighted by Gasteiger charge is -2.30. The number of aryl methyl sites for hydroxylation is 1. The van der Waals surface area contributed by atoms with Gasteiger partial charge in [0.2, 0.25) is 11.8 Å². The van der Waals surface area contributed by atoms with Crippen LogP contribution in [0.2, 0.25) is 0 Å². The van der Waals surface area contributed by atoms with Crippen molar-refractivity contribution in [1.29, 1.82) is 0 Å². The molecule has 3 aromatic rings. The van der Waals surface area contributed by atoms with Crippen LogP contribution >= 0.6 is 0 Å². The molecule has 210 valence electrons. The zero-order chi connectivity index (χ0) is 28.1. The first-order valence-electron chi connectivity index (χ1n) is 14.3.